The third kappa shape index (κ3) is 8.17. The number of nitrogens with zero attached hydrogens (tertiary/aromatic N) is 1. The van der Waals surface area contributed by atoms with Gasteiger partial charge >= 0.3 is 0 Å². The molecular formula is C20H33N3O3. The molecule has 0 radical (unpaired) electrons. The molecule has 0 amide bonds. The molecule has 2 N–H and O–H groups in total. The molecule has 1 heterocycles. The number of guanidine groups is 1. The van der Waals surface area contributed by atoms with Gasteiger partial charge in [-0.05, 0) is 37.3 Å². The second-order valence-corrected chi connectivity index (χ2v) is 6.41. The van der Waals surface area contributed by atoms with Gasteiger partial charge in [-0.1, -0.05) is 24.3 Å². The number of methoxy groups -OCH3 is 1. The molecular weight excluding hydrogens is 330 g/mol. The second-order valence-electron chi connectivity index (χ2n) is 6.41. The van der Waals surface area contributed by atoms with Gasteiger partial charge in [-0.15, -0.1) is 0 Å². The molecule has 0 saturated carbocycles. The summed E-state index contributed by atoms with van der Waals surface area (Å²) in [4.78, 5) is 4.64. The Labute approximate surface area is 157 Å². The van der Waals surface area contributed by atoms with Crippen LogP contribution in [0.3, 0.4) is 0 Å². The number of hydrogen-bond acceptors (Lipinski definition) is 4. The molecule has 2 rings (SSSR count). The molecule has 1 aromatic rings. The van der Waals surface area contributed by atoms with E-state index in [1.165, 1.54) is 11.1 Å². The molecule has 1 saturated heterocycles. The number of hydrogen-bond donors (Lipinski definition) is 2. The van der Waals surface area contributed by atoms with Crippen LogP contribution >= 0.6 is 0 Å². The number of rotatable bonds is 10. The summed E-state index contributed by atoms with van der Waals surface area (Å²) in [6.45, 7) is 7.47. The second kappa shape index (κ2) is 12.7. The van der Waals surface area contributed by atoms with E-state index in [-0.39, 0.29) is 0 Å². The fraction of sp³-hybridized carbons (Fsp3) is 0.650. The molecule has 1 aliphatic heterocycles. The molecule has 6 heteroatoms. The van der Waals surface area contributed by atoms with Gasteiger partial charge in [0.25, 0.3) is 0 Å². The Morgan fingerprint density at radius 1 is 1.15 bits per heavy atom. The van der Waals surface area contributed by atoms with Crippen LogP contribution in [-0.4, -0.2) is 52.1 Å². The zero-order valence-corrected chi connectivity index (χ0v) is 16.1. The zero-order chi connectivity index (χ0) is 18.5. The lowest BCUT2D eigenvalue weighted by atomic mass is 10.1. The van der Waals surface area contributed by atoms with Gasteiger partial charge in [0, 0.05) is 40.0 Å². The van der Waals surface area contributed by atoms with Crippen LogP contribution in [0.4, 0.5) is 0 Å². The van der Waals surface area contributed by atoms with Crippen LogP contribution < -0.4 is 10.6 Å². The van der Waals surface area contributed by atoms with Crippen molar-refractivity contribution in [3.63, 3.8) is 0 Å². The van der Waals surface area contributed by atoms with E-state index >= 15 is 0 Å². The summed E-state index contributed by atoms with van der Waals surface area (Å²) in [5.41, 5.74) is 2.39. The smallest absolute Gasteiger partial charge is 0.191 e. The maximum Gasteiger partial charge on any atom is 0.191 e. The van der Waals surface area contributed by atoms with E-state index in [0.717, 1.165) is 58.1 Å². The fourth-order valence-corrected chi connectivity index (χ4v) is 2.73. The highest BCUT2D eigenvalue weighted by Crippen LogP contribution is 2.14. The van der Waals surface area contributed by atoms with Gasteiger partial charge in [0.05, 0.1) is 19.3 Å². The van der Waals surface area contributed by atoms with E-state index in [1.807, 2.05) is 0 Å². The van der Waals surface area contributed by atoms with Crippen molar-refractivity contribution in [1.82, 2.24) is 10.6 Å². The highest BCUT2D eigenvalue weighted by Gasteiger charge is 2.13. The number of nitrogens with one attached hydrogen (secondary N) is 2. The summed E-state index contributed by atoms with van der Waals surface area (Å²) in [6, 6.07) is 8.51. The Balaban J connectivity index is 1.76. The van der Waals surface area contributed by atoms with Crippen molar-refractivity contribution in [2.75, 3.05) is 40.0 Å². The van der Waals surface area contributed by atoms with Crippen molar-refractivity contribution >= 4 is 5.96 Å². The minimum Gasteiger partial charge on any atom is -0.385 e. The van der Waals surface area contributed by atoms with E-state index in [2.05, 4.69) is 46.8 Å². The highest BCUT2D eigenvalue weighted by atomic mass is 16.5. The normalized spacial score (nSPS) is 15.8. The lowest BCUT2D eigenvalue weighted by molar-refractivity contribution is -0.0390. The molecule has 26 heavy (non-hydrogen) atoms. The van der Waals surface area contributed by atoms with E-state index in [4.69, 9.17) is 14.2 Å². The quantitative estimate of drug-likeness (QED) is 0.380. The van der Waals surface area contributed by atoms with E-state index < -0.39 is 0 Å². The van der Waals surface area contributed by atoms with Gasteiger partial charge in [-0.3, -0.25) is 0 Å². The molecule has 0 atom stereocenters. The molecule has 0 unspecified atom stereocenters. The molecule has 0 bridgehead atoms. The van der Waals surface area contributed by atoms with Crippen LogP contribution in [0.15, 0.2) is 29.3 Å². The van der Waals surface area contributed by atoms with E-state index in [1.54, 1.807) is 7.11 Å². The Morgan fingerprint density at radius 2 is 1.88 bits per heavy atom. The summed E-state index contributed by atoms with van der Waals surface area (Å²) < 4.78 is 16.4. The molecule has 1 fully saturated rings. The Bertz CT molecular complexity index is 514. The summed E-state index contributed by atoms with van der Waals surface area (Å²) in [5.74, 6) is 0.843. The average Bonchev–Trinajstić information content (AvgIpc) is 2.69. The Hall–Kier alpha value is -1.63. The van der Waals surface area contributed by atoms with Crippen LogP contribution in [0.1, 0.15) is 37.3 Å². The molecule has 146 valence electrons. The maximum atomic E-state index is 5.97. The first-order chi connectivity index (χ1) is 12.8. The Kier molecular flexibility index (Phi) is 10.1. The summed E-state index contributed by atoms with van der Waals surface area (Å²) >= 11 is 0. The van der Waals surface area contributed by atoms with Crippen molar-refractivity contribution in [1.29, 1.82) is 0 Å². The predicted molar refractivity (Wildman–Crippen MR) is 104 cm³/mol. The topological polar surface area (TPSA) is 64.1 Å². The predicted octanol–water partition coefficient (Wildman–Crippen LogP) is 2.47. The van der Waals surface area contributed by atoms with Crippen LogP contribution in [0.25, 0.3) is 0 Å². The van der Waals surface area contributed by atoms with Gasteiger partial charge in [0.1, 0.15) is 0 Å². The van der Waals surface area contributed by atoms with Gasteiger partial charge in [0.2, 0.25) is 0 Å². The first-order valence-electron chi connectivity index (χ1n) is 9.60. The minimum absolute atomic E-state index is 0.333. The fourth-order valence-electron chi connectivity index (χ4n) is 2.73. The SMILES string of the molecule is CCNC(=NCc1ccc(COC2CCOCC2)cc1)NCCCOC. The van der Waals surface area contributed by atoms with Crippen LogP contribution in [0, 0.1) is 0 Å². The number of ether oxygens (including phenoxy) is 3. The molecule has 1 aromatic carbocycles. The van der Waals surface area contributed by atoms with E-state index in [0.29, 0.717) is 19.3 Å². The lowest BCUT2D eigenvalue weighted by Crippen LogP contribution is -2.38. The molecule has 0 aromatic heterocycles. The largest absolute Gasteiger partial charge is 0.385 e. The van der Waals surface area contributed by atoms with Gasteiger partial charge in [0.15, 0.2) is 5.96 Å². The zero-order valence-electron chi connectivity index (χ0n) is 16.1. The molecule has 0 aliphatic carbocycles. The Morgan fingerprint density at radius 3 is 2.58 bits per heavy atom. The first-order valence-corrected chi connectivity index (χ1v) is 9.60. The van der Waals surface area contributed by atoms with Crippen LogP contribution in [-0.2, 0) is 27.4 Å². The van der Waals surface area contributed by atoms with Gasteiger partial charge in [-0.2, -0.15) is 0 Å². The number of aliphatic imine (C=N–C) groups is 1. The lowest BCUT2D eigenvalue weighted by Gasteiger charge is -2.22. The number of benzene rings is 1. The van der Waals surface area contributed by atoms with E-state index in [9.17, 15) is 0 Å². The van der Waals surface area contributed by atoms with Crippen molar-refractivity contribution in [3.8, 4) is 0 Å². The van der Waals surface area contributed by atoms with Crippen molar-refractivity contribution < 1.29 is 14.2 Å². The maximum absolute atomic E-state index is 5.97. The van der Waals surface area contributed by atoms with Crippen molar-refractivity contribution in [2.24, 2.45) is 4.99 Å². The van der Waals surface area contributed by atoms with Gasteiger partial charge < -0.3 is 24.8 Å². The van der Waals surface area contributed by atoms with Crippen LogP contribution in [0.2, 0.25) is 0 Å². The molecule has 0 spiro atoms. The van der Waals surface area contributed by atoms with Gasteiger partial charge in [-0.25, -0.2) is 4.99 Å². The van der Waals surface area contributed by atoms with Crippen molar-refractivity contribution in [2.45, 2.75) is 45.4 Å². The first kappa shape index (κ1) is 20.7. The minimum atomic E-state index is 0.333. The summed E-state index contributed by atoms with van der Waals surface area (Å²) in [7, 11) is 1.72. The molecule has 1 aliphatic rings. The summed E-state index contributed by atoms with van der Waals surface area (Å²) in [6.07, 6.45) is 3.29. The monoisotopic (exact) mass is 363 g/mol. The third-order valence-electron chi connectivity index (χ3n) is 4.26. The standard InChI is InChI=1S/C20H33N3O3/c1-3-21-20(22-11-4-12-24-2)23-15-17-5-7-18(8-6-17)16-26-19-9-13-25-14-10-19/h5-8,19H,3-4,9-16H2,1-2H3,(H2,21,22,23). The van der Waals surface area contributed by atoms with Crippen LogP contribution in [0.5, 0.6) is 0 Å². The third-order valence-corrected chi connectivity index (χ3v) is 4.26. The van der Waals surface area contributed by atoms with Crippen molar-refractivity contribution in [3.05, 3.63) is 35.4 Å². The summed E-state index contributed by atoms with van der Waals surface area (Å²) in [5, 5.41) is 6.59. The average molecular weight is 364 g/mol. The molecule has 6 nitrogen and oxygen atoms in total. The highest BCUT2D eigenvalue weighted by molar-refractivity contribution is 5.79.